The molecule has 0 fully saturated rings. The Bertz CT molecular complexity index is 1220. The van der Waals surface area contributed by atoms with Crippen LogP contribution in [0.15, 0.2) is 78.9 Å². The molecule has 0 aliphatic carbocycles. The first kappa shape index (κ1) is 19.4. The zero-order valence-electron chi connectivity index (χ0n) is 16.9. The van der Waals surface area contributed by atoms with Crippen molar-refractivity contribution < 1.29 is 9.53 Å². The number of aromatic amines is 1. The summed E-state index contributed by atoms with van der Waals surface area (Å²) < 4.78 is 5.28. The molecule has 1 aliphatic heterocycles. The van der Waals surface area contributed by atoms with Crippen LogP contribution >= 0.6 is 11.6 Å². The van der Waals surface area contributed by atoms with E-state index in [1.54, 1.807) is 7.11 Å². The van der Waals surface area contributed by atoms with Crippen LogP contribution in [-0.4, -0.2) is 28.1 Å². The van der Waals surface area contributed by atoms with Gasteiger partial charge in [0.05, 0.1) is 18.8 Å². The molecular weight excluding hydrogens is 410 g/mol. The lowest BCUT2D eigenvalue weighted by atomic mass is 9.96. The molecule has 154 valence electrons. The number of ether oxygens (including phenoxy) is 1. The van der Waals surface area contributed by atoms with Crippen molar-refractivity contribution in [1.82, 2.24) is 15.1 Å². The lowest BCUT2D eigenvalue weighted by Crippen LogP contribution is -2.29. The fourth-order valence-electron chi connectivity index (χ4n) is 4.10. The zero-order valence-corrected chi connectivity index (χ0v) is 17.6. The lowest BCUT2D eigenvalue weighted by Gasteiger charge is -2.26. The van der Waals surface area contributed by atoms with Crippen LogP contribution in [0.25, 0.3) is 11.3 Å². The summed E-state index contributed by atoms with van der Waals surface area (Å²) in [4.78, 5) is 15.3. The van der Waals surface area contributed by atoms with Gasteiger partial charge in [-0.1, -0.05) is 54.1 Å². The normalized spacial score (nSPS) is 15.2. The van der Waals surface area contributed by atoms with E-state index in [1.165, 1.54) is 0 Å². The molecule has 1 unspecified atom stereocenters. The molecule has 0 bridgehead atoms. The summed E-state index contributed by atoms with van der Waals surface area (Å²) in [5, 5.41) is 8.16. The Morgan fingerprint density at radius 3 is 2.39 bits per heavy atom. The summed E-state index contributed by atoms with van der Waals surface area (Å²) in [5.74, 6) is 0.707. The van der Waals surface area contributed by atoms with E-state index in [1.807, 2.05) is 83.8 Å². The van der Waals surface area contributed by atoms with Crippen molar-refractivity contribution in [2.75, 3.05) is 7.11 Å². The first-order valence-electron chi connectivity index (χ1n) is 9.99. The molecule has 5 rings (SSSR count). The number of nitrogens with zero attached hydrogens (tertiary/aromatic N) is 2. The van der Waals surface area contributed by atoms with E-state index in [-0.39, 0.29) is 11.9 Å². The molecular formula is C25H20ClN3O2. The third-order valence-corrected chi connectivity index (χ3v) is 5.86. The highest BCUT2D eigenvalue weighted by molar-refractivity contribution is 6.30. The van der Waals surface area contributed by atoms with E-state index >= 15 is 0 Å². The second-order valence-corrected chi connectivity index (χ2v) is 7.90. The third kappa shape index (κ3) is 3.47. The van der Waals surface area contributed by atoms with Crippen LogP contribution in [0.4, 0.5) is 0 Å². The van der Waals surface area contributed by atoms with E-state index in [4.69, 9.17) is 16.3 Å². The molecule has 5 nitrogen and oxygen atoms in total. The molecule has 0 saturated carbocycles. The molecule has 31 heavy (non-hydrogen) atoms. The Morgan fingerprint density at radius 1 is 1.00 bits per heavy atom. The summed E-state index contributed by atoms with van der Waals surface area (Å²) in [6.07, 6.45) is 0. The molecule has 0 saturated heterocycles. The highest BCUT2D eigenvalue weighted by atomic mass is 35.5. The average molecular weight is 430 g/mol. The molecule has 1 N–H and O–H groups in total. The van der Waals surface area contributed by atoms with Gasteiger partial charge in [-0.2, -0.15) is 5.10 Å². The second kappa shape index (κ2) is 7.93. The summed E-state index contributed by atoms with van der Waals surface area (Å²) in [6, 6.07) is 25.1. The van der Waals surface area contributed by atoms with Crippen LogP contribution in [0, 0.1) is 0 Å². The maximum atomic E-state index is 13.4. The third-order valence-electron chi connectivity index (χ3n) is 5.61. The van der Waals surface area contributed by atoms with Gasteiger partial charge in [0, 0.05) is 22.7 Å². The number of benzene rings is 3. The van der Waals surface area contributed by atoms with Crippen molar-refractivity contribution in [3.8, 4) is 17.0 Å². The van der Waals surface area contributed by atoms with Crippen LogP contribution in [0.1, 0.15) is 33.2 Å². The van der Waals surface area contributed by atoms with Gasteiger partial charge in [-0.15, -0.1) is 0 Å². The van der Waals surface area contributed by atoms with E-state index in [2.05, 4.69) is 10.2 Å². The van der Waals surface area contributed by atoms with Gasteiger partial charge < -0.3 is 9.64 Å². The number of halogens is 1. The Morgan fingerprint density at radius 2 is 1.71 bits per heavy atom. The van der Waals surface area contributed by atoms with Crippen molar-refractivity contribution in [3.63, 3.8) is 0 Å². The maximum absolute atomic E-state index is 13.4. The molecule has 1 aromatic heterocycles. The van der Waals surface area contributed by atoms with E-state index in [0.29, 0.717) is 17.3 Å². The predicted octanol–water partition coefficient (Wildman–Crippen LogP) is 5.48. The number of carbonyl (C=O) groups is 1. The topological polar surface area (TPSA) is 58.2 Å². The number of methoxy groups -OCH3 is 1. The van der Waals surface area contributed by atoms with E-state index < -0.39 is 0 Å². The average Bonchev–Trinajstić information content (AvgIpc) is 3.35. The molecule has 3 aromatic carbocycles. The smallest absolute Gasteiger partial charge is 0.273 e. The van der Waals surface area contributed by atoms with Gasteiger partial charge in [0.2, 0.25) is 0 Å². The lowest BCUT2D eigenvalue weighted by molar-refractivity contribution is 0.0730. The van der Waals surface area contributed by atoms with Crippen molar-refractivity contribution in [2.24, 2.45) is 0 Å². The number of H-pyrrole nitrogens is 1. The Labute approximate surface area is 185 Å². The summed E-state index contributed by atoms with van der Waals surface area (Å²) in [7, 11) is 1.64. The molecule has 1 amide bonds. The number of aromatic nitrogens is 2. The highest BCUT2D eigenvalue weighted by Gasteiger charge is 2.42. The summed E-state index contributed by atoms with van der Waals surface area (Å²) >= 11 is 6.14. The largest absolute Gasteiger partial charge is 0.497 e. The van der Waals surface area contributed by atoms with Gasteiger partial charge in [0.15, 0.2) is 0 Å². The van der Waals surface area contributed by atoms with Crippen LogP contribution in [-0.2, 0) is 6.54 Å². The predicted molar refractivity (Wildman–Crippen MR) is 120 cm³/mol. The number of amides is 1. The number of rotatable bonds is 5. The molecule has 2 heterocycles. The Kier molecular flexibility index (Phi) is 4.96. The first-order chi connectivity index (χ1) is 15.2. The van der Waals surface area contributed by atoms with Crippen LogP contribution < -0.4 is 4.74 Å². The Hall–Kier alpha value is -3.57. The van der Waals surface area contributed by atoms with Crippen LogP contribution in [0.5, 0.6) is 5.75 Å². The molecule has 0 radical (unpaired) electrons. The number of hydrogen-bond donors (Lipinski definition) is 1. The van der Waals surface area contributed by atoms with Gasteiger partial charge in [0.25, 0.3) is 5.91 Å². The molecule has 1 aliphatic rings. The first-order valence-corrected chi connectivity index (χ1v) is 10.4. The van der Waals surface area contributed by atoms with Crippen molar-refractivity contribution in [2.45, 2.75) is 12.6 Å². The van der Waals surface area contributed by atoms with Crippen molar-refractivity contribution in [3.05, 3.63) is 106 Å². The number of hydrogen-bond acceptors (Lipinski definition) is 3. The molecule has 1 atom stereocenters. The Balaban J connectivity index is 1.63. The minimum Gasteiger partial charge on any atom is -0.497 e. The molecule has 6 heteroatoms. The summed E-state index contributed by atoms with van der Waals surface area (Å²) in [6.45, 7) is 0.498. The van der Waals surface area contributed by atoms with Gasteiger partial charge in [0.1, 0.15) is 11.4 Å². The number of fused-ring (bicyclic) bond motifs is 1. The van der Waals surface area contributed by atoms with E-state index in [0.717, 1.165) is 33.7 Å². The monoisotopic (exact) mass is 429 g/mol. The van der Waals surface area contributed by atoms with Gasteiger partial charge in [-0.3, -0.25) is 9.89 Å². The SMILES string of the molecule is COc1ccc(-c2n[nH]c3c2C(c2ccc(Cl)cc2)N(Cc2ccccc2)C3=O)cc1. The quantitative estimate of drug-likeness (QED) is 0.456. The van der Waals surface area contributed by atoms with Crippen LogP contribution in [0.2, 0.25) is 5.02 Å². The highest BCUT2D eigenvalue weighted by Crippen LogP contribution is 2.43. The maximum Gasteiger partial charge on any atom is 0.273 e. The molecule has 4 aromatic rings. The molecule has 0 spiro atoms. The minimum atomic E-state index is -0.268. The van der Waals surface area contributed by atoms with Crippen molar-refractivity contribution >= 4 is 17.5 Å². The second-order valence-electron chi connectivity index (χ2n) is 7.46. The summed E-state index contributed by atoms with van der Waals surface area (Å²) in [5.41, 5.74) is 5.16. The standard InChI is InChI=1S/C25H20ClN3O2/c1-31-20-13-9-17(10-14-20)22-21-23(28-27-22)25(30)29(15-16-5-3-2-4-6-16)24(21)18-7-11-19(26)12-8-18/h2-14,24H,15H2,1H3,(H,27,28). The van der Waals surface area contributed by atoms with E-state index in [9.17, 15) is 4.79 Å². The van der Waals surface area contributed by atoms with Gasteiger partial charge in [-0.25, -0.2) is 0 Å². The van der Waals surface area contributed by atoms with Gasteiger partial charge in [-0.05, 0) is 47.5 Å². The fraction of sp³-hybridized carbons (Fsp3) is 0.120. The number of carbonyl (C=O) groups excluding carboxylic acids is 1. The van der Waals surface area contributed by atoms with Crippen LogP contribution in [0.3, 0.4) is 0 Å². The number of nitrogens with one attached hydrogen (secondary N) is 1. The zero-order chi connectivity index (χ0) is 21.4. The van der Waals surface area contributed by atoms with Crippen molar-refractivity contribution in [1.29, 1.82) is 0 Å². The minimum absolute atomic E-state index is 0.0638. The fourth-order valence-corrected chi connectivity index (χ4v) is 4.23. The van der Waals surface area contributed by atoms with Gasteiger partial charge >= 0.3 is 0 Å².